The lowest BCUT2D eigenvalue weighted by Crippen LogP contribution is -2.29. The van der Waals surface area contributed by atoms with Crippen LogP contribution in [-0.4, -0.2) is 17.6 Å². The predicted molar refractivity (Wildman–Crippen MR) is 72.9 cm³/mol. The van der Waals surface area contributed by atoms with E-state index in [4.69, 9.17) is 5.73 Å². The Labute approximate surface area is 108 Å². The highest BCUT2D eigenvalue weighted by Crippen LogP contribution is 2.14. The van der Waals surface area contributed by atoms with Crippen LogP contribution in [0.4, 0.5) is 5.69 Å². The zero-order valence-electron chi connectivity index (χ0n) is 11.0. The number of carbonyl (C=O) groups excluding carboxylic acids is 1. The SMILES string of the molecule is CCC(C)CC(=O)NCC(O)c1ccc(N)cc1. The molecule has 2 atom stereocenters. The molecule has 0 spiro atoms. The van der Waals surface area contributed by atoms with Crippen LogP contribution >= 0.6 is 0 Å². The van der Waals surface area contributed by atoms with E-state index < -0.39 is 6.10 Å². The van der Waals surface area contributed by atoms with Crippen molar-refractivity contribution in [2.45, 2.75) is 32.8 Å². The number of amides is 1. The molecular weight excluding hydrogens is 228 g/mol. The first-order valence-corrected chi connectivity index (χ1v) is 6.33. The van der Waals surface area contributed by atoms with Crippen LogP contribution in [0.5, 0.6) is 0 Å². The van der Waals surface area contributed by atoms with Gasteiger partial charge in [-0.25, -0.2) is 0 Å². The van der Waals surface area contributed by atoms with Crippen molar-refractivity contribution >= 4 is 11.6 Å². The second-order valence-corrected chi connectivity index (χ2v) is 4.70. The average molecular weight is 250 g/mol. The van der Waals surface area contributed by atoms with Gasteiger partial charge in [-0.1, -0.05) is 32.4 Å². The van der Waals surface area contributed by atoms with Gasteiger partial charge in [0.05, 0.1) is 6.10 Å². The van der Waals surface area contributed by atoms with Crippen LogP contribution in [0.25, 0.3) is 0 Å². The number of benzene rings is 1. The summed E-state index contributed by atoms with van der Waals surface area (Å²) in [5.41, 5.74) is 6.98. The maximum absolute atomic E-state index is 11.6. The van der Waals surface area contributed by atoms with Crippen molar-refractivity contribution in [3.8, 4) is 0 Å². The lowest BCUT2D eigenvalue weighted by atomic mass is 10.0. The first-order valence-electron chi connectivity index (χ1n) is 6.33. The second kappa shape index (κ2) is 7.01. The van der Waals surface area contributed by atoms with Gasteiger partial charge in [-0.15, -0.1) is 0 Å². The van der Waals surface area contributed by atoms with E-state index in [1.54, 1.807) is 24.3 Å². The molecule has 0 fully saturated rings. The molecule has 0 heterocycles. The summed E-state index contributed by atoms with van der Waals surface area (Å²) in [6, 6.07) is 7.00. The van der Waals surface area contributed by atoms with Crippen LogP contribution in [0.15, 0.2) is 24.3 Å². The van der Waals surface area contributed by atoms with E-state index in [0.717, 1.165) is 12.0 Å². The summed E-state index contributed by atoms with van der Waals surface area (Å²) in [6.07, 6.45) is 0.797. The third kappa shape index (κ3) is 4.75. The molecule has 0 aliphatic carbocycles. The lowest BCUT2D eigenvalue weighted by molar-refractivity contribution is -0.122. The molecule has 4 heteroatoms. The van der Waals surface area contributed by atoms with E-state index in [9.17, 15) is 9.90 Å². The number of carbonyl (C=O) groups is 1. The molecule has 1 aromatic rings. The minimum absolute atomic E-state index is 0.0150. The zero-order chi connectivity index (χ0) is 13.5. The largest absolute Gasteiger partial charge is 0.399 e. The van der Waals surface area contributed by atoms with Gasteiger partial charge in [0, 0.05) is 18.7 Å². The number of nitrogens with two attached hydrogens (primary N) is 1. The molecule has 4 nitrogen and oxygen atoms in total. The van der Waals surface area contributed by atoms with Crippen LogP contribution in [0.1, 0.15) is 38.4 Å². The molecule has 2 unspecified atom stereocenters. The molecule has 0 radical (unpaired) electrons. The van der Waals surface area contributed by atoms with E-state index in [0.29, 0.717) is 18.0 Å². The number of rotatable bonds is 6. The first-order chi connectivity index (χ1) is 8.52. The van der Waals surface area contributed by atoms with Gasteiger partial charge in [0.15, 0.2) is 0 Å². The van der Waals surface area contributed by atoms with Crippen molar-refractivity contribution in [3.05, 3.63) is 29.8 Å². The number of nitrogen functional groups attached to an aromatic ring is 1. The van der Waals surface area contributed by atoms with Gasteiger partial charge in [0.1, 0.15) is 0 Å². The Morgan fingerprint density at radius 2 is 2.00 bits per heavy atom. The Morgan fingerprint density at radius 1 is 1.39 bits per heavy atom. The van der Waals surface area contributed by atoms with E-state index in [1.165, 1.54) is 0 Å². The highest BCUT2D eigenvalue weighted by Gasteiger charge is 2.11. The minimum Gasteiger partial charge on any atom is -0.399 e. The summed E-state index contributed by atoms with van der Waals surface area (Å²) in [5, 5.41) is 12.6. The maximum atomic E-state index is 11.6. The zero-order valence-corrected chi connectivity index (χ0v) is 11.0. The quantitative estimate of drug-likeness (QED) is 0.674. The Morgan fingerprint density at radius 3 is 2.56 bits per heavy atom. The highest BCUT2D eigenvalue weighted by atomic mass is 16.3. The molecule has 4 N–H and O–H groups in total. The Hall–Kier alpha value is -1.55. The summed E-state index contributed by atoms with van der Waals surface area (Å²) in [7, 11) is 0. The molecule has 1 amide bonds. The van der Waals surface area contributed by atoms with E-state index in [-0.39, 0.29) is 12.5 Å². The normalized spacial score (nSPS) is 13.9. The van der Waals surface area contributed by atoms with Gasteiger partial charge in [0.25, 0.3) is 0 Å². The lowest BCUT2D eigenvalue weighted by Gasteiger charge is -2.14. The molecule has 0 saturated heterocycles. The van der Waals surface area contributed by atoms with Gasteiger partial charge < -0.3 is 16.2 Å². The van der Waals surface area contributed by atoms with Crippen LogP contribution in [-0.2, 0) is 4.79 Å². The molecule has 18 heavy (non-hydrogen) atoms. The average Bonchev–Trinajstić information content (AvgIpc) is 2.36. The summed E-state index contributed by atoms with van der Waals surface area (Å²) in [6.45, 7) is 4.33. The van der Waals surface area contributed by atoms with E-state index in [2.05, 4.69) is 12.2 Å². The topological polar surface area (TPSA) is 75.3 Å². The van der Waals surface area contributed by atoms with Crippen molar-refractivity contribution < 1.29 is 9.90 Å². The summed E-state index contributed by atoms with van der Waals surface area (Å²) in [4.78, 5) is 11.6. The maximum Gasteiger partial charge on any atom is 0.220 e. The number of hydrogen-bond acceptors (Lipinski definition) is 3. The fraction of sp³-hybridized carbons (Fsp3) is 0.500. The fourth-order valence-corrected chi connectivity index (χ4v) is 1.58. The standard InChI is InChI=1S/C14H22N2O2/c1-3-10(2)8-14(18)16-9-13(17)11-4-6-12(15)7-5-11/h4-7,10,13,17H,3,8-9,15H2,1-2H3,(H,16,18). The number of hydrogen-bond donors (Lipinski definition) is 3. The smallest absolute Gasteiger partial charge is 0.220 e. The van der Waals surface area contributed by atoms with Crippen molar-refractivity contribution in [1.29, 1.82) is 0 Å². The molecule has 1 aromatic carbocycles. The molecule has 0 aliphatic rings. The van der Waals surface area contributed by atoms with Gasteiger partial charge in [-0.05, 0) is 23.6 Å². The van der Waals surface area contributed by atoms with Crippen LogP contribution in [0.2, 0.25) is 0 Å². The van der Waals surface area contributed by atoms with Crippen LogP contribution in [0.3, 0.4) is 0 Å². The Balaban J connectivity index is 2.39. The Kier molecular flexibility index (Phi) is 5.65. The number of aliphatic hydroxyl groups excluding tert-OH is 1. The highest BCUT2D eigenvalue weighted by molar-refractivity contribution is 5.76. The Bertz CT molecular complexity index is 376. The van der Waals surface area contributed by atoms with E-state index in [1.807, 2.05) is 6.92 Å². The van der Waals surface area contributed by atoms with Gasteiger partial charge >= 0.3 is 0 Å². The molecule has 0 aromatic heterocycles. The number of anilines is 1. The molecule has 100 valence electrons. The molecule has 0 aliphatic heterocycles. The van der Waals surface area contributed by atoms with Crippen LogP contribution in [0, 0.1) is 5.92 Å². The molecule has 1 rings (SSSR count). The summed E-state index contributed by atoms with van der Waals surface area (Å²) >= 11 is 0. The molecule has 0 bridgehead atoms. The monoisotopic (exact) mass is 250 g/mol. The molecular formula is C14H22N2O2. The third-order valence-electron chi connectivity index (χ3n) is 3.04. The molecule has 0 saturated carbocycles. The van der Waals surface area contributed by atoms with Crippen molar-refractivity contribution in [2.75, 3.05) is 12.3 Å². The number of aliphatic hydroxyl groups is 1. The predicted octanol–water partition coefficient (Wildman–Crippen LogP) is 1.85. The van der Waals surface area contributed by atoms with Crippen molar-refractivity contribution in [1.82, 2.24) is 5.32 Å². The van der Waals surface area contributed by atoms with Crippen molar-refractivity contribution in [2.24, 2.45) is 5.92 Å². The van der Waals surface area contributed by atoms with Gasteiger partial charge in [0.2, 0.25) is 5.91 Å². The van der Waals surface area contributed by atoms with Crippen molar-refractivity contribution in [3.63, 3.8) is 0 Å². The van der Waals surface area contributed by atoms with Gasteiger partial charge in [-0.3, -0.25) is 4.79 Å². The fourth-order valence-electron chi connectivity index (χ4n) is 1.58. The number of nitrogens with one attached hydrogen (secondary N) is 1. The summed E-state index contributed by atoms with van der Waals surface area (Å²) in [5.74, 6) is 0.359. The van der Waals surface area contributed by atoms with Crippen LogP contribution < -0.4 is 11.1 Å². The van der Waals surface area contributed by atoms with Gasteiger partial charge in [-0.2, -0.15) is 0 Å². The minimum atomic E-state index is -0.688. The third-order valence-corrected chi connectivity index (χ3v) is 3.04. The summed E-state index contributed by atoms with van der Waals surface area (Å²) < 4.78 is 0. The second-order valence-electron chi connectivity index (χ2n) is 4.70. The first kappa shape index (κ1) is 14.5. The van der Waals surface area contributed by atoms with E-state index >= 15 is 0 Å².